The molecule has 2 unspecified atom stereocenters. The molecule has 2 fully saturated rings. The number of para-hydroxylation sites is 1. The molecule has 0 radical (unpaired) electrons. The van der Waals surface area contributed by atoms with Gasteiger partial charge in [-0.25, -0.2) is 4.90 Å². The number of amides is 2. The van der Waals surface area contributed by atoms with Crippen molar-refractivity contribution in [1.82, 2.24) is 0 Å². The third-order valence-corrected chi connectivity index (χ3v) is 3.50. The SMILES string of the molecule is NC(=S)c1ccccc1N1C(=O)C2CC2C1=O. The van der Waals surface area contributed by atoms with E-state index in [1.54, 1.807) is 24.3 Å². The van der Waals surface area contributed by atoms with E-state index in [0.29, 0.717) is 17.7 Å². The number of piperidine rings is 1. The number of anilines is 1. The van der Waals surface area contributed by atoms with Crippen molar-refractivity contribution in [3.05, 3.63) is 29.8 Å². The van der Waals surface area contributed by atoms with Crippen molar-refractivity contribution in [3.63, 3.8) is 0 Å². The zero-order valence-corrected chi connectivity index (χ0v) is 9.74. The maximum Gasteiger partial charge on any atom is 0.237 e. The van der Waals surface area contributed by atoms with E-state index in [1.807, 2.05) is 0 Å². The Bertz CT molecular complexity index is 535. The predicted molar refractivity (Wildman–Crippen MR) is 66.4 cm³/mol. The summed E-state index contributed by atoms with van der Waals surface area (Å²) in [6.45, 7) is 0. The third-order valence-electron chi connectivity index (χ3n) is 3.28. The van der Waals surface area contributed by atoms with E-state index in [4.69, 9.17) is 18.0 Å². The Morgan fingerprint density at radius 3 is 2.41 bits per heavy atom. The van der Waals surface area contributed by atoms with Crippen LogP contribution in [0.25, 0.3) is 0 Å². The van der Waals surface area contributed by atoms with Crippen LogP contribution < -0.4 is 10.6 Å². The lowest BCUT2D eigenvalue weighted by Gasteiger charge is -2.19. The molecule has 1 aromatic carbocycles. The predicted octanol–water partition coefficient (Wildman–Crippen LogP) is 0.830. The van der Waals surface area contributed by atoms with Gasteiger partial charge in [-0.15, -0.1) is 0 Å². The van der Waals surface area contributed by atoms with Crippen LogP contribution in [0.5, 0.6) is 0 Å². The van der Waals surface area contributed by atoms with Gasteiger partial charge in [0.05, 0.1) is 17.5 Å². The molecular formula is C12H10N2O2S. The number of fused-ring (bicyclic) bond motifs is 1. The Balaban J connectivity index is 2.08. The molecule has 1 heterocycles. The minimum Gasteiger partial charge on any atom is -0.389 e. The van der Waals surface area contributed by atoms with Crippen LogP contribution in [0.2, 0.25) is 0 Å². The Morgan fingerprint density at radius 1 is 1.24 bits per heavy atom. The first-order valence-electron chi connectivity index (χ1n) is 5.38. The van der Waals surface area contributed by atoms with Crippen molar-refractivity contribution < 1.29 is 9.59 Å². The summed E-state index contributed by atoms with van der Waals surface area (Å²) in [5.74, 6) is -0.462. The first-order chi connectivity index (χ1) is 8.11. The summed E-state index contributed by atoms with van der Waals surface area (Å²) in [6.07, 6.45) is 0.698. The van der Waals surface area contributed by atoms with Crippen molar-refractivity contribution >= 4 is 34.7 Å². The van der Waals surface area contributed by atoms with Gasteiger partial charge in [-0.3, -0.25) is 9.59 Å². The van der Waals surface area contributed by atoms with Crippen LogP contribution in [0.15, 0.2) is 24.3 Å². The quantitative estimate of drug-likeness (QED) is 0.620. The number of hydrogen-bond donors (Lipinski definition) is 1. The van der Waals surface area contributed by atoms with E-state index in [0.717, 1.165) is 0 Å². The van der Waals surface area contributed by atoms with E-state index in [-0.39, 0.29) is 28.6 Å². The van der Waals surface area contributed by atoms with Crippen molar-refractivity contribution in [3.8, 4) is 0 Å². The summed E-state index contributed by atoms with van der Waals surface area (Å²) < 4.78 is 0. The van der Waals surface area contributed by atoms with Gasteiger partial charge in [-0.2, -0.15) is 0 Å². The second kappa shape index (κ2) is 3.37. The van der Waals surface area contributed by atoms with Crippen LogP contribution >= 0.6 is 12.2 Å². The van der Waals surface area contributed by atoms with E-state index >= 15 is 0 Å². The average molecular weight is 246 g/mol. The number of benzene rings is 1. The molecule has 2 atom stereocenters. The molecule has 0 aromatic heterocycles. The zero-order chi connectivity index (χ0) is 12.2. The van der Waals surface area contributed by atoms with Crippen molar-refractivity contribution in [2.24, 2.45) is 17.6 Å². The lowest BCUT2D eigenvalue weighted by molar-refractivity contribution is -0.123. The molecule has 2 aliphatic rings. The zero-order valence-electron chi connectivity index (χ0n) is 8.92. The Hall–Kier alpha value is -1.75. The maximum absolute atomic E-state index is 12.0. The molecule has 1 saturated heterocycles. The number of carbonyl (C=O) groups is 2. The van der Waals surface area contributed by atoms with Gasteiger partial charge in [0.15, 0.2) is 0 Å². The summed E-state index contributed by atoms with van der Waals surface area (Å²) in [6, 6.07) is 6.97. The van der Waals surface area contributed by atoms with Crippen molar-refractivity contribution in [2.45, 2.75) is 6.42 Å². The molecule has 3 rings (SSSR count). The van der Waals surface area contributed by atoms with Crippen LogP contribution in [-0.2, 0) is 9.59 Å². The van der Waals surface area contributed by atoms with Gasteiger partial charge in [0.25, 0.3) is 0 Å². The summed E-state index contributed by atoms with van der Waals surface area (Å²) in [5, 5.41) is 0. The highest BCUT2D eigenvalue weighted by Crippen LogP contribution is 2.48. The molecule has 0 spiro atoms. The normalized spacial score (nSPS) is 26.0. The Kier molecular flexibility index (Phi) is 2.06. The van der Waals surface area contributed by atoms with Crippen LogP contribution in [0, 0.1) is 11.8 Å². The largest absolute Gasteiger partial charge is 0.389 e. The molecule has 2 amide bonds. The number of thiocarbonyl (C=S) groups is 1. The second-order valence-corrected chi connectivity index (χ2v) is 4.78. The topological polar surface area (TPSA) is 63.4 Å². The fourth-order valence-electron chi connectivity index (χ4n) is 2.30. The van der Waals surface area contributed by atoms with Gasteiger partial charge < -0.3 is 5.73 Å². The molecule has 0 bridgehead atoms. The summed E-state index contributed by atoms with van der Waals surface area (Å²) in [7, 11) is 0. The molecule has 1 aliphatic heterocycles. The fraction of sp³-hybridized carbons (Fsp3) is 0.250. The minimum absolute atomic E-state index is 0.109. The molecule has 5 heteroatoms. The third kappa shape index (κ3) is 1.39. The summed E-state index contributed by atoms with van der Waals surface area (Å²) >= 11 is 4.93. The number of nitrogens with two attached hydrogens (primary N) is 1. The molecule has 1 aliphatic carbocycles. The van der Waals surface area contributed by atoms with Gasteiger partial charge in [-0.1, -0.05) is 24.4 Å². The van der Waals surface area contributed by atoms with Crippen molar-refractivity contribution in [2.75, 3.05) is 4.90 Å². The lowest BCUT2D eigenvalue weighted by Crippen LogP contribution is -2.34. The Labute approximate surface area is 103 Å². The number of rotatable bonds is 2. The standard InChI is InChI=1S/C12H10N2O2S/c13-10(17)6-3-1-2-4-9(6)14-11(15)7-5-8(7)12(14)16/h1-4,7-8H,5H2,(H2,13,17). The highest BCUT2D eigenvalue weighted by molar-refractivity contribution is 7.80. The van der Waals surface area contributed by atoms with Gasteiger partial charge in [0.2, 0.25) is 11.8 Å². The van der Waals surface area contributed by atoms with E-state index < -0.39 is 0 Å². The number of hydrogen-bond acceptors (Lipinski definition) is 3. The van der Waals surface area contributed by atoms with Crippen LogP contribution in [0.1, 0.15) is 12.0 Å². The number of imide groups is 1. The molecule has 1 aromatic rings. The average Bonchev–Trinajstić information content (AvgIpc) is 3.05. The first-order valence-corrected chi connectivity index (χ1v) is 5.78. The van der Waals surface area contributed by atoms with Crippen molar-refractivity contribution in [1.29, 1.82) is 0 Å². The molecule has 86 valence electrons. The van der Waals surface area contributed by atoms with Gasteiger partial charge in [-0.05, 0) is 18.6 Å². The Morgan fingerprint density at radius 2 is 1.82 bits per heavy atom. The molecule has 2 N–H and O–H groups in total. The van der Waals surface area contributed by atoms with Gasteiger partial charge in [0, 0.05) is 5.56 Å². The van der Waals surface area contributed by atoms with E-state index in [9.17, 15) is 9.59 Å². The van der Waals surface area contributed by atoms with Gasteiger partial charge >= 0.3 is 0 Å². The second-order valence-electron chi connectivity index (χ2n) is 4.34. The van der Waals surface area contributed by atoms with Crippen LogP contribution in [0.3, 0.4) is 0 Å². The maximum atomic E-state index is 12.0. The minimum atomic E-state index is -0.122. The van der Waals surface area contributed by atoms with Crippen LogP contribution in [0.4, 0.5) is 5.69 Å². The molecular weight excluding hydrogens is 236 g/mol. The van der Waals surface area contributed by atoms with Gasteiger partial charge in [0.1, 0.15) is 4.99 Å². The molecule has 17 heavy (non-hydrogen) atoms. The summed E-state index contributed by atoms with van der Waals surface area (Å²) in [4.78, 5) is 25.3. The van der Waals surface area contributed by atoms with E-state index in [1.165, 1.54) is 4.90 Å². The smallest absolute Gasteiger partial charge is 0.237 e. The van der Waals surface area contributed by atoms with E-state index in [2.05, 4.69) is 0 Å². The monoisotopic (exact) mass is 246 g/mol. The van der Waals surface area contributed by atoms with Crippen LogP contribution in [-0.4, -0.2) is 16.8 Å². The highest BCUT2D eigenvalue weighted by atomic mass is 32.1. The first kappa shape index (κ1) is 10.4. The lowest BCUT2D eigenvalue weighted by atomic mass is 10.1. The number of carbonyl (C=O) groups excluding carboxylic acids is 2. The number of nitrogens with zero attached hydrogens (tertiary/aromatic N) is 1. The molecule has 1 saturated carbocycles. The summed E-state index contributed by atoms with van der Waals surface area (Å²) in [5.41, 5.74) is 6.69. The molecule has 4 nitrogen and oxygen atoms in total. The highest BCUT2D eigenvalue weighted by Gasteiger charge is 2.59. The fourth-order valence-corrected chi connectivity index (χ4v) is 2.47.